The molecule has 0 spiro atoms. The minimum absolute atomic E-state index is 0.130. The van der Waals surface area contributed by atoms with E-state index in [0.717, 1.165) is 30.2 Å². The van der Waals surface area contributed by atoms with Gasteiger partial charge in [0.1, 0.15) is 6.61 Å². The van der Waals surface area contributed by atoms with E-state index in [1.54, 1.807) is 11.6 Å². The van der Waals surface area contributed by atoms with Crippen LogP contribution in [0.4, 0.5) is 0 Å². The van der Waals surface area contributed by atoms with Gasteiger partial charge >= 0.3 is 5.97 Å². The van der Waals surface area contributed by atoms with Gasteiger partial charge in [0, 0.05) is 38.3 Å². The molecule has 0 aromatic carbocycles. The second-order valence-electron chi connectivity index (χ2n) is 11.9. The van der Waals surface area contributed by atoms with Gasteiger partial charge in [-0.25, -0.2) is 4.79 Å². The molecule has 7 atom stereocenters. The summed E-state index contributed by atoms with van der Waals surface area (Å²) in [6.07, 6.45) is 15.3. The molecule has 1 saturated heterocycles. The summed E-state index contributed by atoms with van der Waals surface area (Å²) >= 11 is 0. The number of ether oxygens (including phenoxy) is 1. The van der Waals surface area contributed by atoms with Crippen molar-refractivity contribution in [1.82, 2.24) is 10.2 Å². The lowest BCUT2D eigenvalue weighted by molar-refractivity contribution is -0.135. The zero-order valence-corrected chi connectivity index (χ0v) is 19.5. The third-order valence-corrected chi connectivity index (χ3v) is 10.8. The molecule has 0 bridgehead atoms. The molecule has 6 rings (SSSR count). The average molecular weight is 425 g/mol. The van der Waals surface area contributed by atoms with E-state index in [1.807, 2.05) is 0 Å². The van der Waals surface area contributed by atoms with Gasteiger partial charge in [-0.3, -0.25) is 4.90 Å². The second kappa shape index (κ2) is 7.45. The normalized spacial score (nSPS) is 47.7. The summed E-state index contributed by atoms with van der Waals surface area (Å²) < 4.78 is 5.29. The van der Waals surface area contributed by atoms with Crippen molar-refractivity contribution in [2.24, 2.45) is 34.5 Å². The molecule has 6 aliphatic rings. The zero-order valence-electron chi connectivity index (χ0n) is 19.5. The van der Waals surface area contributed by atoms with Crippen molar-refractivity contribution in [3.63, 3.8) is 0 Å². The number of cyclic esters (lactones) is 1. The Kier molecular flexibility index (Phi) is 4.92. The number of nitrogens with one attached hydrogen (secondary N) is 1. The molecule has 0 aromatic rings. The Morgan fingerprint density at radius 2 is 1.94 bits per heavy atom. The minimum Gasteiger partial charge on any atom is -0.458 e. The monoisotopic (exact) mass is 424 g/mol. The molecule has 0 amide bonds. The summed E-state index contributed by atoms with van der Waals surface area (Å²) in [7, 11) is 0. The second-order valence-corrected chi connectivity index (χ2v) is 11.9. The third kappa shape index (κ3) is 3.11. The number of hydrogen-bond acceptors (Lipinski definition) is 4. The lowest BCUT2D eigenvalue weighted by atomic mass is 9.45. The van der Waals surface area contributed by atoms with Crippen molar-refractivity contribution in [3.05, 3.63) is 23.3 Å². The first-order valence-corrected chi connectivity index (χ1v) is 13.0. The third-order valence-electron chi connectivity index (χ3n) is 10.8. The van der Waals surface area contributed by atoms with Gasteiger partial charge in [-0.05, 0) is 91.4 Å². The highest BCUT2D eigenvalue weighted by Gasteiger charge is 2.58. The van der Waals surface area contributed by atoms with Crippen LogP contribution in [-0.4, -0.2) is 49.7 Å². The van der Waals surface area contributed by atoms with E-state index in [-0.39, 0.29) is 11.4 Å². The van der Waals surface area contributed by atoms with E-state index in [0.29, 0.717) is 17.9 Å². The molecule has 4 fully saturated rings. The largest absolute Gasteiger partial charge is 0.458 e. The van der Waals surface area contributed by atoms with Crippen LogP contribution in [0.15, 0.2) is 23.3 Å². The highest BCUT2D eigenvalue weighted by molar-refractivity contribution is 5.85. The molecule has 4 nitrogen and oxygen atoms in total. The summed E-state index contributed by atoms with van der Waals surface area (Å²) in [5.41, 5.74) is 3.80. The summed E-state index contributed by atoms with van der Waals surface area (Å²) in [4.78, 5) is 14.5. The van der Waals surface area contributed by atoms with Crippen LogP contribution in [0.25, 0.3) is 0 Å². The first-order chi connectivity index (χ1) is 15.0. The lowest BCUT2D eigenvalue weighted by Crippen LogP contribution is -2.56. The molecule has 4 aliphatic carbocycles. The maximum Gasteiger partial charge on any atom is 0.331 e. The van der Waals surface area contributed by atoms with Crippen molar-refractivity contribution in [2.75, 3.05) is 32.8 Å². The molecule has 0 aromatic heterocycles. The topological polar surface area (TPSA) is 41.6 Å². The summed E-state index contributed by atoms with van der Waals surface area (Å²) in [6, 6.07) is 0.826. The molecular formula is C27H40N2O2. The van der Waals surface area contributed by atoms with E-state index in [2.05, 4.69) is 30.1 Å². The van der Waals surface area contributed by atoms with Crippen LogP contribution in [0.1, 0.15) is 65.2 Å². The van der Waals surface area contributed by atoms with Gasteiger partial charge in [-0.2, -0.15) is 0 Å². The van der Waals surface area contributed by atoms with Gasteiger partial charge < -0.3 is 10.1 Å². The minimum atomic E-state index is -0.130. The summed E-state index contributed by atoms with van der Waals surface area (Å²) in [5.74, 6) is 2.91. The molecule has 0 radical (unpaired) electrons. The van der Waals surface area contributed by atoms with Crippen LogP contribution in [-0.2, 0) is 9.53 Å². The number of allylic oxidation sites excluding steroid dienone is 2. The molecule has 1 N–H and O–H groups in total. The average Bonchev–Trinajstić information content (AvgIpc) is 3.36. The summed E-state index contributed by atoms with van der Waals surface area (Å²) in [5, 5.41) is 3.53. The predicted octanol–water partition coefficient (Wildman–Crippen LogP) is 4.32. The molecular weight excluding hydrogens is 384 g/mol. The fourth-order valence-corrected chi connectivity index (χ4v) is 9.10. The van der Waals surface area contributed by atoms with Gasteiger partial charge in [0.2, 0.25) is 0 Å². The highest BCUT2D eigenvalue weighted by atomic mass is 16.5. The van der Waals surface area contributed by atoms with Gasteiger partial charge in [0.25, 0.3) is 0 Å². The van der Waals surface area contributed by atoms with E-state index < -0.39 is 0 Å². The van der Waals surface area contributed by atoms with Crippen LogP contribution in [0.2, 0.25) is 0 Å². The number of carbonyl (C=O) groups excluding carboxylic acids is 1. The predicted molar refractivity (Wildman–Crippen MR) is 122 cm³/mol. The number of hydrogen-bond donors (Lipinski definition) is 1. The van der Waals surface area contributed by atoms with E-state index in [4.69, 9.17) is 4.74 Å². The van der Waals surface area contributed by atoms with Crippen LogP contribution < -0.4 is 5.32 Å². The number of rotatable bonds is 2. The molecule has 2 heterocycles. The van der Waals surface area contributed by atoms with Gasteiger partial charge in [0.05, 0.1) is 0 Å². The maximum atomic E-state index is 11.7. The Labute approximate surface area is 187 Å². The molecule has 0 unspecified atom stereocenters. The lowest BCUT2D eigenvalue weighted by Gasteiger charge is -2.60. The van der Waals surface area contributed by atoms with E-state index >= 15 is 0 Å². The standard InChI is InChI=1S/C27H40N2O2/c1-26-9-7-20(29-13-11-28-12-14-29)16-19(26)3-4-21-23-6-5-22(18-15-25(30)31-17-18)27(23,2)10-8-24(21)26/h6,15,19-22,24,28H,3-5,7-14,16-17H2,1-2H3/t19-,20+,21+,22-,24+,26+,27-/m1/s1. The van der Waals surface area contributed by atoms with Crippen molar-refractivity contribution in [1.29, 1.82) is 0 Å². The van der Waals surface area contributed by atoms with Crippen molar-refractivity contribution < 1.29 is 9.53 Å². The first kappa shape index (κ1) is 20.5. The van der Waals surface area contributed by atoms with Crippen LogP contribution >= 0.6 is 0 Å². The Balaban J connectivity index is 1.20. The quantitative estimate of drug-likeness (QED) is 0.529. The van der Waals surface area contributed by atoms with Crippen molar-refractivity contribution in [2.45, 2.75) is 71.3 Å². The number of carbonyl (C=O) groups is 1. The zero-order chi connectivity index (χ0) is 21.2. The number of piperazine rings is 1. The van der Waals surface area contributed by atoms with Gasteiger partial charge in [0.15, 0.2) is 0 Å². The number of fused-ring (bicyclic) bond motifs is 5. The Morgan fingerprint density at radius 3 is 2.71 bits per heavy atom. The molecule has 2 aliphatic heterocycles. The maximum absolute atomic E-state index is 11.7. The van der Waals surface area contributed by atoms with Gasteiger partial charge in [-0.1, -0.05) is 25.5 Å². The van der Waals surface area contributed by atoms with Crippen molar-refractivity contribution in [3.8, 4) is 0 Å². The molecule has 170 valence electrons. The van der Waals surface area contributed by atoms with Crippen molar-refractivity contribution >= 4 is 5.97 Å². The van der Waals surface area contributed by atoms with Crippen LogP contribution in [0.5, 0.6) is 0 Å². The molecule has 31 heavy (non-hydrogen) atoms. The Bertz CT molecular complexity index is 812. The molecule has 4 heteroatoms. The van der Waals surface area contributed by atoms with E-state index in [9.17, 15) is 4.79 Å². The van der Waals surface area contributed by atoms with E-state index in [1.165, 1.54) is 76.7 Å². The van der Waals surface area contributed by atoms with Crippen LogP contribution in [0.3, 0.4) is 0 Å². The fraction of sp³-hybridized carbons (Fsp3) is 0.815. The SMILES string of the molecule is C[C@]12CC[C@H](N3CCNCC3)C[C@H]1CC[C@H]1C3=CC[C@H](C4=CC(=O)OC4)[C@@]3(C)CC[C@@H]12. The highest BCUT2D eigenvalue weighted by Crippen LogP contribution is 2.66. The number of nitrogens with zero attached hydrogens (tertiary/aromatic N) is 1. The smallest absolute Gasteiger partial charge is 0.331 e. The fourth-order valence-electron chi connectivity index (χ4n) is 9.10. The summed E-state index contributed by atoms with van der Waals surface area (Å²) in [6.45, 7) is 10.5. The first-order valence-electron chi connectivity index (χ1n) is 13.0. The van der Waals surface area contributed by atoms with Crippen LogP contribution in [0, 0.1) is 34.5 Å². The molecule has 3 saturated carbocycles. The Hall–Kier alpha value is -1.13. The number of esters is 1. The Morgan fingerprint density at radius 1 is 1.10 bits per heavy atom. The van der Waals surface area contributed by atoms with Gasteiger partial charge in [-0.15, -0.1) is 0 Å².